The SMILES string of the molecule is CCc1nc2sc([C@@H](c3ccc(Cl)cc3Cl)N3CCC(C(N)=O)CC3)c(O)n2n1. The molecule has 1 saturated heterocycles. The van der Waals surface area contributed by atoms with Gasteiger partial charge in [0.2, 0.25) is 16.7 Å². The van der Waals surface area contributed by atoms with Gasteiger partial charge in [-0.1, -0.05) is 47.5 Å². The normalized spacial score (nSPS) is 17.1. The van der Waals surface area contributed by atoms with Crippen molar-refractivity contribution in [2.24, 2.45) is 11.7 Å². The summed E-state index contributed by atoms with van der Waals surface area (Å²) in [5.41, 5.74) is 6.33. The van der Waals surface area contributed by atoms with Crippen LogP contribution in [-0.2, 0) is 11.2 Å². The van der Waals surface area contributed by atoms with E-state index in [-0.39, 0.29) is 23.7 Å². The van der Waals surface area contributed by atoms with Gasteiger partial charge in [0.05, 0.1) is 10.9 Å². The molecule has 1 aliphatic heterocycles. The van der Waals surface area contributed by atoms with Crippen molar-refractivity contribution < 1.29 is 9.90 Å². The molecule has 0 saturated carbocycles. The van der Waals surface area contributed by atoms with E-state index in [2.05, 4.69) is 15.0 Å². The van der Waals surface area contributed by atoms with Crippen molar-refractivity contribution in [3.63, 3.8) is 0 Å². The van der Waals surface area contributed by atoms with E-state index < -0.39 is 0 Å². The number of piperidine rings is 1. The van der Waals surface area contributed by atoms with Crippen LogP contribution >= 0.6 is 34.5 Å². The Morgan fingerprint density at radius 2 is 2.10 bits per heavy atom. The average Bonchev–Trinajstić information content (AvgIpc) is 3.23. The minimum absolute atomic E-state index is 0.0604. The number of hydrogen-bond acceptors (Lipinski definition) is 6. The number of thiazole rings is 1. The van der Waals surface area contributed by atoms with Crippen LogP contribution in [-0.4, -0.2) is 43.6 Å². The van der Waals surface area contributed by atoms with E-state index in [1.807, 2.05) is 13.0 Å². The summed E-state index contributed by atoms with van der Waals surface area (Å²) in [6.07, 6.45) is 2.02. The molecule has 0 spiro atoms. The quantitative estimate of drug-likeness (QED) is 0.614. The van der Waals surface area contributed by atoms with Crippen molar-refractivity contribution in [1.29, 1.82) is 0 Å². The van der Waals surface area contributed by atoms with E-state index in [1.54, 1.807) is 12.1 Å². The lowest BCUT2D eigenvalue weighted by atomic mass is 9.93. The molecule has 1 aromatic carbocycles. The predicted octanol–water partition coefficient (Wildman–Crippen LogP) is 3.65. The second-order valence-electron chi connectivity index (χ2n) is 7.15. The molecule has 4 rings (SSSR count). The van der Waals surface area contributed by atoms with Gasteiger partial charge < -0.3 is 10.8 Å². The number of fused-ring (bicyclic) bond motifs is 1. The Balaban J connectivity index is 1.77. The molecule has 2 aromatic heterocycles. The molecule has 0 bridgehead atoms. The molecule has 1 fully saturated rings. The Labute approximate surface area is 182 Å². The van der Waals surface area contributed by atoms with E-state index in [0.717, 1.165) is 5.56 Å². The maximum atomic E-state index is 11.6. The lowest BCUT2D eigenvalue weighted by Crippen LogP contribution is -2.40. The molecule has 10 heteroatoms. The van der Waals surface area contributed by atoms with Crippen LogP contribution < -0.4 is 5.73 Å². The largest absolute Gasteiger partial charge is 0.492 e. The van der Waals surface area contributed by atoms with Gasteiger partial charge in [-0.2, -0.15) is 4.52 Å². The lowest BCUT2D eigenvalue weighted by Gasteiger charge is -2.36. The number of nitrogens with two attached hydrogens (primary N) is 1. The van der Waals surface area contributed by atoms with Crippen molar-refractivity contribution in [2.45, 2.75) is 32.2 Å². The molecule has 29 heavy (non-hydrogen) atoms. The Morgan fingerprint density at radius 3 is 2.69 bits per heavy atom. The number of carbonyl (C=O) groups is 1. The molecule has 0 radical (unpaired) electrons. The van der Waals surface area contributed by atoms with Gasteiger partial charge in [-0.3, -0.25) is 9.69 Å². The standard InChI is InChI=1S/C19H21Cl2N5O2S/c1-2-14-23-19-26(24-14)18(28)16(29-19)15(12-4-3-11(20)9-13(12)21)25-7-5-10(6-8-25)17(22)27/h3-4,9-10,15,28H,2,5-8H2,1H3,(H2,22,27)/t15-/m1/s1. The summed E-state index contributed by atoms with van der Waals surface area (Å²) in [5.74, 6) is 0.349. The van der Waals surface area contributed by atoms with E-state index in [4.69, 9.17) is 28.9 Å². The number of halogens is 2. The first-order valence-corrected chi connectivity index (χ1v) is 11.0. The van der Waals surface area contributed by atoms with Gasteiger partial charge in [0.25, 0.3) is 0 Å². The summed E-state index contributed by atoms with van der Waals surface area (Å²) < 4.78 is 1.48. The van der Waals surface area contributed by atoms with Crippen LogP contribution in [0.4, 0.5) is 0 Å². The number of likely N-dealkylation sites (tertiary alicyclic amines) is 1. The number of aromatic hydroxyl groups is 1. The molecule has 0 unspecified atom stereocenters. The summed E-state index contributed by atoms with van der Waals surface area (Å²) in [6, 6.07) is 5.06. The molecular formula is C19H21Cl2N5O2S. The van der Waals surface area contributed by atoms with Gasteiger partial charge in [-0.25, -0.2) is 4.98 Å². The summed E-state index contributed by atoms with van der Waals surface area (Å²) in [7, 11) is 0. The third-order valence-electron chi connectivity index (χ3n) is 5.36. The van der Waals surface area contributed by atoms with E-state index in [9.17, 15) is 9.90 Å². The molecular weight excluding hydrogens is 433 g/mol. The monoisotopic (exact) mass is 453 g/mol. The number of hydrogen-bond donors (Lipinski definition) is 2. The second kappa shape index (κ2) is 8.10. The van der Waals surface area contributed by atoms with Gasteiger partial charge in [0.15, 0.2) is 5.82 Å². The van der Waals surface area contributed by atoms with Crippen LogP contribution in [0.2, 0.25) is 10.0 Å². The van der Waals surface area contributed by atoms with Crippen molar-refractivity contribution >= 4 is 45.4 Å². The van der Waals surface area contributed by atoms with E-state index >= 15 is 0 Å². The minimum atomic E-state index is -0.299. The van der Waals surface area contributed by atoms with Crippen molar-refractivity contribution in [2.75, 3.05) is 13.1 Å². The van der Waals surface area contributed by atoms with Crippen LogP contribution in [0.25, 0.3) is 4.96 Å². The Morgan fingerprint density at radius 1 is 1.38 bits per heavy atom. The first-order chi connectivity index (χ1) is 13.9. The number of benzene rings is 1. The maximum Gasteiger partial charge on any atom is 0.230 e. The highest BCUT2D eigenvalue weighted by molar-refractivity contribution is 7.17. The molecule has 0 aliphatic carbocycles. The topological polar surface area (TPSA) is 96.8 Å². The zero-order valence-electron chi connectivity index (χ0n) is 15.8. The number of rotatable bonds is 5. The Bertz CT molecular complexity index is 1060. The molecule has 1 amide bonds. The van der Waals surface area contributed by atoms with Gasteiger partial charge in [-0.15, -0.1) is 5.10 Å². The number of nitrogens with zero attached hydrogens (tertiary/aromatic N) is 4. The molecule has 3 heterocycles. The lowest BCUT2D eigenvalue weighted by molar-refractivity contribution is -0.123. The number of carbonyl (C=O) groups excluding carboxylic acids is 1. The zero-order valence-corrected chi connectivity index (χ0v) is 18.1. The molecule has 1 aliphatic rings. The third kappa shape index (κ3) is 3.82. The van der Waals surface area contributed by atoms with Crippen molar-refractivity contribution in [1.82, 2.24) is 19.5 Å². The minimum Gasteiger partial charge on any atom is -0.492 e. The fourth-order valence-corrected chi connectivity index (χ4v) is 5.43. The van der Waals surface area contributed by atoms with Crippen LogP contribution in [0.15, 0.2) is 18.2 Å². The highest BCUT2D eigenvalue weighted by Gasteiger charge is 2.34. The van der Waals surface area contributed by atoms with E-state index in [1.165, 1.54) is 15.9 Å². The van der Waals surface area contributed by atoms with Crippen LogP contribution in [0.5, 0.6) is 5.88 Å². The number of primary amides is 1. The predicted molar refractivity (Wildman–Crippen MR) is 114 cm³/mol. The molecule has 1 atom stereocenters. The first kappa shape index (κ1) is 20.4. The molecule has 3 aromatic rings. The summed E-state index contributed by atoms with van der Waals surface area (Å²) in [6.45, 7) is 3.28. The average molecular weight is 454 g/mol. The van der Waals surface area contributed by atoms with Gasteiger partial charge >= 0.3 is 0 Å². The Kier molecular flexibility index (Phi) is 5.70. The highest BCUT2D eigenvalue weighted by atomic mass is 35.5. The number of amides is 1. The third-order valence-corrected chi connectivity index (χ3v) is 7.00. The summed E-state index contributed by atoms with van der Waals surface area (Å²) in [5, 5.41) is 16.4. The van der Waals surface area contributed by atoms with Gasteiger partial charge in [0.1, 0.15) is 0 Å². The smallest absolute Gasteiger partial charge is 0.230 e. The first-order valence-electron chi connectivity index (χ1n) is 9.44. The van der Waals surface area contributed by atoms with Crippen LogP contribution in [0, 0.1) is 5.92 Å². The number of aromatic nitrogens is 3. The van der Waals surface area contributed by atoms with E-state index in [0.29, 0.717) is 58.1 Å². The van der Waals surface area contributed by atoms with Crippen LogP contribution in [0.3, 0.4) is 0 Å². The zero-order chi connectivity index (χ0) is 20.7. The van der Waals surface area contributed by atoms with Crippen molar-refractivity contribution in [3.05, 3.63) is 44.5 Å². The fourth-order valence-electron chi connectivity index (χ4n) is 3.79. The second-order valence-corrected chi connectivity index (χ2v) is 9.00. The van der Waals surface area contributed by atoms with Crippen LogP contribution in [0.1, 0.15) is 42.1 Å². The fraction of sp³-hybridized carbons (Fsp3) is 0.421. The maximum absolute atomic E-state index is 11.6. The highest BCUT2D eigenvalue weighted by Crippen LogP contribution is 2.43. The Hall–Kier alpha value is -1.87. The number of aryl methyl sites for hydroxylation is 1. The molecule has 154 valence electrons. The summed E-state index contributed by atoms with van der Waals surface area (Å²) in [4.78, 5) is 19.6. The van der Waals surface area contributed by atoms with Gasteiger partial charge in [-0.05, 0) is 43.6 Å². The van der Waals surface area contributed by atoms with Gasteiger partial charge in [0, 0.05) is 22.4 Å². The van der Waals surface area contributed by atoms with Crippen molar-refractivity contribution in [3.8, 4) is 5.88 Å². The molecule has 7 nitrogen and oxygen atoms in total. The summed E-state index contributed by atoms with van der Waals surface area (Å²) >= 11 is 14.0. The molecule has 3 N–H and O–H groups in total.